The molecule has 1 fully saturated rings. The minimum absolute atomic E-state index is 0. The van der Waals surface area contributed by atoms with E-state index in [-0.39, 0.29) is 28.4 Å². The molecule has 0 radical (unpaired) electrons. The maximum absolute atomic E-state index is 13.9. The van der Waals surface area contributed by atoms with Gasteiger partial charge >= 0.3 is 16.5 Å². The molecule has 260 valence electrons. The molecule has 2 heterocycles. The molecule has 0 aliphatic carbocycles. The maximum atomic E-state index is 13.9. The summed E-state index contributed by atoms with van der Waals surface area (Å²) in [6.07, 6.45) is 2.44. The molecule has 0 N–H and O–H groups in total. The Hall–Kier alpha value is -5.04. The zero-order valence-electron chi connectivity index (χ0n) is 28.5. The van der Waals surface area contributed by atoms with Gasteiger partial charge in [-0.3, -0.25) is 14.9 Å². The predicted octanol–water partition coefficient (Wildman–Crippen LogP) is 5.81. The third kappa shape index (κ3) is 7.98. The minimum atomic E-state index is -1.27. The molecule has 5 aromatic carbocycles. The van der Waals surface area contributed by atoms with Gasteiger partial charge in [0.1, 0.15) is 6.04 Å². The number of benzene rings is 5. The van der Waals surface area contributed by atoms with E-state index in [1.165, 1.54) is 0 Å². The predicted molar refractivity (Wildman–Crippen MR) is 196 cm³/mol. The first-order valence-electron chi connectivity index (χ1n) is 17.3. The van der Waals surface area contributed by atoms with Crippen molar-refractivity contribution in [3.63, 3.8) is 0 Å². The number of hydrogen-bond acceptors (Lipinski definition) is 7. The van der Waals surface area contributed by atoms with Gasteiger partial charge in [0.25, 0.3) is 0 Å². The first kappa shape index (κ1) is 35.8. The Bertz CT molecular complexity index is 2000. The monoisotopic (exact) mass is 718 g/mol. The Balaban J connectivity index is 0.00000448. The van der Waals surface area contributed by atoms with Crippen LogP contribution in [0.3, 0.4) is 0 Å². The maximum Gasteiger partial charge on any atom is 2.00 e. The summed E-state index contributed by atoms with van der Waals surface area (Å²) < 4.78 is 0. The average molecular weight is 720 g/mol. The second kappa shape index (κ2) is 16.3. The van der Waals surface area contributed by atoms with E-state index in [9.17, 15) is 15.0 Å². The average Bonchev–Trinajstić information content (AvgIpc) is 3.61. The fraction of sp³-hybridized carbons (Fsp3) is 0.233. The summed E-state index contributed by atoms with van der Waals surface area (Å²) in [4.78, 5) is 27.5. The van der Waals surface area contributed by atoms with E-state index in [0.29, 0.717) is 30.1 Å². The van der Waals surface area contributed by atoms with Gasteiger partial charge < -0.3 is 19.9 Å². The van der Waals surface area contributed by atoms with Gasteiger partial charge in [-0.1, -0.05) is 121 Å². The molecular formula is C43H40N4NiO3. The van der Waals surface area contributed by atoms with E-state index >= 15 is 0 Å². The molecule has 8 heteroatoms. The van der Waals surface area contributed by atoms with Gasteiger partial charge in [0, 0.05) is 35.9 Å². The van der Waals surface area contributed by atoms with Gasteiger partial charge in [-0.15, -0.1) is 0 Å². The van der Waals surface area contributed by atoms with Crippen molar-refractivity contribution < 1.29 is 31.5 Å². The normalized spacial score (nSPS) is 18.5. The van der Waals surface area contributed by atoms with Crippen LogP contribution in [0, 0.1) is 6.92 Å². The molecule has 2 aliphatic heterocycles. The molecule has 0 unspecified atom stereocenters. The van der Waals surface area contributed by atoms with Gasteiger partial charge in [0.15, 0.2) is 0 Å². The number of carboxylic acids is 1. The van der Waals surface area contributed by atoms with Crippen LogP contribution in [0.2, 0.25) is 0 Å². The summed E-state index contributed by atoms with van der Waals surface area (Å²) in [5.41, 5.74) is 7.45. The summed E-state index contributed by atoms with van der Waals surface area (Å²) in [5, 5.41) is 27.2. The standard InChI is InChI=1S/C43H42N4O3.Ni/c1-30-22-24-34(25-23-30)47-28-26-32-15-8-9-18-35(32)41(47)40(43(49)50)45-39(33-16-6-3-7-17-33)36-19-10-11-20-37(36)44-42(48)38-21-12-27-46(38)29-31-13-4-2-5-14-31;/h2-11,13-20,22-25,38,40-41H,12,21,26-29H2,1H3,(H,44,48)(H,49,50);/q;+2/p-2/t38-,40-,41-;/m0./s1. The Labute approximate surface area is 309 Å². The molecule has 51 heavy (non-hydrogen) atoms. The van der Waals surface area contributed by atoms with Crippen molar-refractivity contribution in [2.75, 3.05) is 18.0 Å². The number of fused-ring (bicyclic) bond motifs is 1. The van der Waals surface area contributed by atoms with Gasteiger partial charge in [0.05, 0.1) is 23.4 Å². The van der Waals surface area contributed by atoms with Crippen molar-refractivity contribution >= 4 is 29.0 Å². The molecule has 0 aromatic heterocycles. The summed E-state index contributed by atoms with van der Waals surface area (Å²) in [6.45, 7) is 4.17. The molecule has 2 aliphatic rings. The van der Waals surface area contributed by atoms with Crippen LogP contribution >= 0.6 is 0 Å². The molecule has 0 amide bonds. The van der Waals surface area contributed by atoms with Crippen LogP contribution < -0.4 is 15.1 Å². The smallest absolute Gasteiger partial charge is 0.861 e. The van der Waals surface area contributed by atoms with E-state index < -0.39 is 18.1 Å². The fourth-order valence-electron chi connectivity index (χ4n) is 7.33. The Kier molecular flexibility index (Phi) is 11.5. The largest absolute Gasteiger partial charge is 2.00 e. The first-order valence-corrected chi connectivity index (χ1v) is 17.3. The summed E-state index contributed by atoms with van der Waals surface area (Å²) >= 11 is 0. The van der Waals surface area contributed by atoms with Crippen LogP contribution in [0.4, 0.5) is 11.4 Å². The molecule has 3 atom stereocenters. The number of rotatable bonds is 10. The third-order valence-corrected chi connectivity index (χ3v) is 9.82. The van der Waals surface area contributed by atoms with Crippen molar-refractivity contribution in [2.24, 2.45) is 9.98 Å². The molecular weight excluding hydrogens is 679 g/mol. The Morgan fingerprint density at radius 1 is 0.804 bits per heavy atom. The Morgan fingerprint density at radius 2 is 1.47 bits per heavy atom. The SMILES string of the molecule is Cc1ccc(N2CCc3ccccc3[C@H]2[C@H](N=C(c2ccccc2)c2ccccc2N=C([O-])[C@@H]2CCCN2Cc2ccccc2)C(=O)[O-])cc1.[Ni+2]. The molecule has 0 spiro atoms. The van der Waals surface area contributed by atoms with Crippen molar-refractivity contribution in [1.29, 1.82) is 0 Å². The van der Waals surface area contributed by atoms with Crippen LogP contribution in [-0.4, -0.2) is 47.7 Å². The van der Waals surface area contributed by atoms with Crippen molar-refractivity contribution in [2.45, 2.75) is 50.9 Å². The van der Waals surface area contributed by atoms with Crippen molar-refractivity contribution in [1.82, 2.24) is 4.90 Å². The minimum Gasteiger partial charge on any atom is -0.861 e. The first-order chi connectivity index (χ1) is 24.5. The summed E-state index contributed by atoms with van der Waals surface area (Å²) in [7, 11) is 0. The number of para-hydroxylation sites is 1. The van der Waals surface area contributed by atoms with Gasteiger partial charge in [-0.2, -0.15) is 0 Å². The molecule has 0 bridgehead atoms. The van der Waals surface area contributed by atoms with E-state index in [0.717, 1.165) is 59.3 Å². The number of carboxylic acid groups (broad SMARTS) is 1. The van der Waals surface area contributed by atoms with Gasteiger partial charge in [0.2, 0.25) is 0 Å². The number of nitrogens with zero attached hydrogens (tertiary/aromatic N) is 4. The van der Waals surface area contributed by atoms with Crippen molar-refractivity contribution in [3.8, 4) is 0 Å². The number of aryl methyl sites for hydroxylation is 1. The van der Waals surface area contributed by atoms with E-state index in [4.69, 9.17) is 9.98 Å². The van der Waals surface area contributed by atoms with Crippen LogP contribution in [-0.2, 0) is 34.3 Å². The fourth-order valence-corrected chi connectivity index (χ4v) is 7.33. The molecule has 1 saturated heterocycles. The number of aliphatic imine (C=N–C) groups is 2. The summed E-state index contributed by atoms with van der Waals surface area (Å²) in [5.74, 6) is -1.48. The molecule has 7 rings (SSSR count). The Morgan fingerprint density at radius 3 is 2.22 bits per heavy atom. The zero-order valence-corrected chi connectivity index (χ0v) is 29.5. The third-order valence-electron chi connectivity index (χ3n) is 9.82. The second-order valence-electron chi connectivity index (χ2n) is 13.1. The molecule has 0 saturated carbocycles. The number of anilines is 1. The van der Waals surface area contributed by atoms with Crippen LogP contribution in [0.5, 0.6) is 0 Å². The molecule has 7 nitrogen and oxygen atoms in total. The van der Waals surface area contributed by atoms with Crippen LogP contribution in [0.15, 0.2) is 143 Å². The quantitative estimate of drug-likeness (QED) is 0.103. The van der Waals surface area contributed by atoms with Crippen LogP contribution in [0.25, 0.3) is 0 Å². The zero-order chi connectivity index (χ0) is 34.5. The van der Waals surface area contributed by atoms with Crippen LogP contribution in [0.1, 0.15) is 52.3 Å². The number of carbonyl (C=O) groups excluding carboxylic acids is 1. The molecule has 5 aromatic rings. The second-order valence-corrected chi connectivity index (χ2v) is 13.1. The van der Waals surface area contributed by atoms with Crippen molar-refractivity contribution in [3.05, 3.63) is 167 Å². The number of hydrogen-bond donors (Lipinski definition) is 0. The number of carbonyl (C=O) groups is 1. The topological polar surface area (TPSA) is 94.4 Å². The van der Waals surface area contributed by atoms with Gasteiger partial charge in [-0.05, 0) is 73.5 Å². The van der Waals surface area contributed by atoms with Gasteiger partial charge in [-0.25, -0.2) is 0 Å². The number of likely N-dealkylation sites (tertiary alicyclic amines) is 1. The summed E-state index contributed by atoms with van der Waals surface area (Å²) in [6, 6.07) is 41.0. The number of aliphatic carboxylic acids is 1. The van der Waals surface area contributed by atoms with E-state index in [1.54, 1.807) is 0 Å². The van der Waals surface area contributed by atoms with E-state index in [2.05, 4.69) is 28.0 Å². The van der Waals surface area contributed by atoms with E-state index in [1.807, 2.05) is 122 Å².